The molecule has 0 radical (unpaired) electrons. The van der Waals surface area contributed by atoms with E-state index >= 15 is 0 Å². The smallest absolute Gasteiger partial charge is 0.312 e. The first-order valence-electron chi connectivity index (χ1n) is 7.00. The molecule has 21 heavy (non-hydrogen) atoms. The Kier molecular flexibility index (Phi) is 6.37. The van der Waals surface area contributed by atoms with Gasteiger partial charge in [-0.1, -0.05) is 30.3 Å². The van der Waals surface area contributed by atoms with E-state index in [-0.39, 0.29) is 17.9 Å². The Bertz CT molecular complexity index is 472. The van der Waals surface area contributed by atoms with Crippen LogP contribution in [0.4, 0.5) is 0 Å². The molecule has 5 heteroatoms. The number of rotatable bonds is 7. The zero-order valence-corrected chi connectivity index (χ0v) is 13.1. The van der Waals surface area contributed by atoms with Gasteiger partial charge >= 0.3 is 5.97 Å². The number of hydrogen-bond acceptors (Lipinski definition) is 4. The highest BCUT2D eigenvalue weighted by molar-refractivity contribution is 5.81. The van der Waals surface area contributed by atoms with Gasteiger partial charge in [-0.2, -0.15) is 0 Å². The van der Waals surface area contributed by atoms with Crippen LogP contribution >= 0.6 is 0 Å². The molecule has 1 rings (SSSR count). The number of hydrogen-bond donors (Lipinski definition) is 2. The maximum Gasteiger partial charge on any atom is 0.312 e. The molecule has 0 saturated carbocycles. The van der Waals surface area contributed by atoms with Crippen molar-refractivity contribution in [2.24, 2.45) is 5.41 Å². The maximum absolute atomic E-state index is 12.0. The van der Waals surface area contributed by atoms with Crippen LogP contribution < -0.4 is 10.6 Å². The zero-order chi connectivity index (χ0) is 15.9. The van der Waals surface area contributed by atoms with Crippen LogP contribution in [-0.4, -0.2) is 31.6 Å². The highest BCUT2D eigenvalue weighted by atomic mass is 16.5. The Morgan fingerprint density at radius 3 is 2.43 bits per heavy atom. The second kappa shape index (κ2) is 7.78. The van der Waals surface area contributed by atoms with Gasteiger partial charge < -0.3 is 15.4 Å². The molecule has 116 valence electrons. The number of nitrogens with one attached hydrogen (secondary N) is 2. The van der Waals surface area contributed by atoms with Crippen molar-refractivity contribution in [1.29, 1.82) is 0 Å². The fourth-order valence-corrected chi connectivity index (χ4v) is 1.79. The second-order valence-corrected chi connectivity index (χ2v) is 5.68. The Hall–Kier alpha value is -1.88. The number of benzene rings is 1. The Balaban J connectivity index is 2.39. The lowest BCUT2D eigenvalue weighted by molar-refractivity contribution is -0.150. The van der Waals surface area contributed by atoms with Crippen LogP contribution in [0.3, 0.4) is 0 Å². The largest absolute Gasteiger partial charge is 0.469 e. The molecule has 0 unspecified atom stereocenters. The molecular formula is C16H24N2O3. The van der Waals surface area contributed by atoms with Crippen molar-refractivity contribution in [1.82, 2.24) is 10.6 Å². The minimum absolute atomic E-state index is 0.0977. The molecule has 1 aromatic carbocycles. The molecular weight excluding hydrogens is 268 g/mol. The number of esters is 1. The standard InChI is InChI=1S/C16H24N2O3/c1-12(18-11-16(2,3)15(20)21-4)14(19)17-10-13-8-6-5-7-9-13/h5-9,12,18H,10-11H2,1-4H3,(H,17,19)/t12-/m0/s1. The first kappa shape index (κ1) is 17.2. The lowest BCUT2D eigenvalue weighted by atomic mass is 9.93. The van der Waals surface area contributed by atoms with E-state index in [0.717, 1.165) is 5.56 Å². The average Bonchev–Trinajstić information content (AvgIpc) is 2.50. The lowest BCUT2D eigenvalue weighted by Crippen LogP contribution is -2.47. The van der Waals surface area contributed by atoms with Crippen molar-refractivity contribution in [3.8, 4) is 0 Å². The predicted octanol–water partition coefficient (Wildman–Crippen LogP) is 1.48. The van der Waals surface area contributed by atoms with Crippen LogP contribution in [0.25, 0.3) is 0 Å². The van der Waals surface area contributed by atoms with Crippen molar-refractivity contribution < 1.29 is 14.3 Å². The van der Waals surface area contributed by atoms with E-state index in [2.05, 4.69) is 10.6 Å². The number of amides is 1. The van der Waals surface area contributed by atoms with E-state index in [0.29, 0.717) is 13.1 Å². The lowest BCUT2D eigenvalue weighted by Gasteiger charge is -2.24. The van der Waals surface area contributed by atoms with E-state index in [1.807, 2.05) is 30.3 Å². The normalized spacial score (nSPS) is 12.6. The summed E-state index contributed by atoms with van der Waals surface area (Å²) >= 11 is 0. The predicted molar refractivity (Wildman–Crippen MR) is 81.6 cm³/mol. The monoisotopic (exact) mass is 292 g/mol. The van der Waals surface area contributed by atoms with Crippen molar-refractivity contribution in [2.45, 2.75) is 33.4 Å². The Morgan fingerprint density at radius 2 is 1.86 bits per heavy atom. The van der Waals surface area contributed by atoms with E-state index in [1.54, 1.807) is 20.8 Å². The summed E-state index contributed by atoms with van der Waals surface area (Å²) in [5.41, 5.74) is 0.385. The summed E-state index contributed by atoms with van der Waals surface area (Å²) in [7, 11) is 1.36. The summed E-state index contributed by atoms with van der Waals surface area (Å²) in [6.07, 6.45) is 0. The van der Waals surface area contributed by atoms with E-state index in [9.17, 15) is 9.59 Å². The van der Waals surface area contributed by atoms with Gasteiger partial charge in [-0.15, -0.1) is 0 Å². The van der Waals surface area contributed by atoms with Crippen molar-refractivity contribution in [2.75, 3.05) is 13.7 Å². The average molecular weight is 292 g/mol. The number of methoxy groups -OCH3 is 1. The molecule has 0 saturated heterocycles. The van der Waals surface area contributed by atoms with Gasteiger partial charge in [0.05, 0.1) is 18.6 Å². The van der Waals surface area contributed by atoms with Gasteiger partial charge in [0.15, 0.2) is 0 Å². The fraction of sp³-hybridized carbons (Fsp3) is 0.500. The summed E-state index contributed by atoms with van der Waals surface area (Å²) in [6.45, 7) is 6.19. The fourth-order valence-electron chi connectivity index (χ4n) is 1.79. The van der Waals surface area contributed by atoms with Crippen LogP contribution in [0.5, 0.6) is 0 Å². The molecule has 0 aromatic heterocycles. The van der Waals surface area contributed by atoms with Crippen LogP contribution in [0.2, 0.25) is 0 Å². The number of carbonyl (C=O) groups excluding carboxylic acids is 2. The highest BCUT2D eigenvalue weighted by Gasteiger charge is 2.29. The van der Waals surface area contributed by atoms with Crippen LogP contribution in [-0.2, 0) is 20.9 Å². The van der Waals surface area contributed by atoms with Gasteiger partial charge in [0.1, 0.15) is 0 Å². The van der Waals surface area contributed by atoms with Gasteiger partial charge in [0.2, 0.25) is 5.91 Å². The molecule has 0 spiro atoms. The zero-order valence-electron chi connectivity index (χ0n) is 13.1. The van der Waals surface area contributed by atoms with E-state index in [4.69, 9.17) is 4.74 Å². The number of ether oxygens (including phenoxy) is 1. The summed E-state index contributed by atoms with van der Waals surface area (Å²) in [4.78, 5) is 23.5. The third-order valence-electron chi connectivity index (χ3n) is 3.29. The van der Waals surface area contributed by atoms with Gasteiger partial charge in [-0.3, -0.25) is 9.59 Å². The topological polar surface area (TPSA) is 67.4 Å². The molecule has 1 amide bonds. The SMILES string of the molecule is COC(=O)C(C)(C)CN[C@@H](C)C(=O)NCc1ccccc1. The first-order chi connectivity index (χ1) is 9.86. The van der Waals surface area contributed by atoms with Gasteiger partial charge in [-0.05, 0) is 26.3 Å². The van der Waals surface area contributed by atoms with Gasteiger partial charge in [-0.25, -0.2) is 0 Å². The minimum atomic E-state index is -0.664. The molecule has 0 bridgehead atoms. The molecule has 1 atom stereocenters. The van der Waals surface area contributed by atoms with Crippen molar-refractivity contribution in [3.05, 3.63) is 35.9 Å². The Morgan fingerprint density at radius 1 is 1.24 bits per heavy atom. The van der Waals surface area contributed by atoms with Crippen molar-refractivity contribution in [3.63, 3.8) is 0 Å². The third kappa shape index (κ3) is 5.55. The van der Waals surface area contributed by atoms with Crippen LogP contribution in [0, 0.1) is 5.41 Å². The molecule has 0 aliphatic heterocycles. The molecule has 1 aromatic rings. The molecule has 0 fully saturated rings. The third-order valence-corrected chi connectivity index (χ3v) is 3.29. The quantitative estimate of drug-likeness (QED) is 0.747. The molecule has 5 nitrogen and oxygen atoms in total. The maximum atomic E-state index is 12.0. The van der Waals surface area contributed by atoms with E-state index in [1.165, 1.54) is 7.11 Å². The second-order valence-electron chi connectivity index (χ2n) is 5.68. The van der Waals surface area contributed by atoms with Crippen LogP contribution in [0.15, 0.2) is 30.3 Å². The summed E-state index contributed by atoms with van der Waals surface area (Å²) in [5.74, 6) is -0.397. The highest BCUT2D eigenvalue weighted by Crippen LogP contribution is 2.15. The Labute approximate surface area is 126 Å². The molecule has 2 N–H and O–H groups in total. The summed E-state index contributed by atoms with van der Waals surface area (Å²) in [6, 6.07) is 9.34. The van der Waals surface area contributed by atoms with Gasteiger partial charge in [0, 0.05) is 13.1 Å². The van der Waals surface area contributed by atoms with Crippen molar-refractivity contribution >= 4 is 11.9 Å². The van der Waals surface area contributed by atoms with E-state index < -0.39 is 5.41 Å². The minimum Gasteiger partial charge on any atom is -0.469 e. The molecule has 0 heterocycles. The number of carbonyl (C=O) groups is 2. The molecule has 0 aliphatic carbocycles. The molecule has 0 aliphatic rings. The first-order valence-corrected chi connectivity index (χ1v) is 7.00. The van der Waals surface area contributed by atoms with Gasteiger partial charge in [0.25, 0.3) is 0 Å². The summed E-state index contributed by atoms with van der Waals surface area (Å²) in [5, 5.41) is 5.92. The van der Waals surface area contributed by atoms with Crippen LogP contribution in [0.1, 0.15) is 26.3 Å². The summed E-state index contributed by atoms with van der Waals surface area (Å²) < 4.78 is 4.73.